The van der Waals surface area contributed by atoms with E-state index in [9.17, 15) is 4.79 Å². The van der Waals surface area contributed by atoms with Crippen LogP contribution in [-0.4, -0.2) is 16.6 Å². The third-order valence-corrected chi connectivity index (χ3v) is 4.58. The highest BCUT2D eigenvalue weighted by atomic mass is 35.5. The van der Waals surface area contributed by atoms with Crippen molar-refractivity contribution in [3.63, 3.8) is 0 Å². The van der Waals surface area contributed by atoms with Crippen LogP contribution in [-0.2, 0) is 11.2 Å². The Morgan fingerprint density at radius 3 is 2.68 bits per heavy atom. The summed E-state index contributed by atoms with van der Waals surface area (Å²) in [6.07, 6.45) is 5.31. The number of H-pyrrole nitrogens is 1. The van der Waals surface area contributed by atoms with Crippen LogP contribution in [0.25, 0.3) is 17.0 Å². The molecule has 0 atom stereocenters. The molecule has 1 aliphatic heterocycles. The summed E-state index contributed by atoms with van der Waals surface area (Å²) in [5.41, 5.74) is 7.18. The number of hydrazone groups is 1. The number of amides is 1. The van der Waals surface area contributed by atoms with Crippen LogP contribution in [0.3, 0.4) is 0 Å². The van der Waals surface area contributed by atoms with Crippen molar-refractivity contribution in [1.82, 2.24) is 10.4 Å². The predicted octanol–water partition coefficient (Wildman–Crippen LogP) is 4.32. The molecule has 1 aromatic heterocycles. The van der Waals surface area contributed by atoms with E-state index in [0.29, 0.717) is 12.0 Å². The monoisotopic (exact) mass is 349 g/mol. The van der Waals surface area contributed by atoms with Gasteiger partial charge in [0.15, 0.2) is 0 Å². The van der Waals surface area contributed by atoms with Gasteiger partial charge in [-0.15, -0.1) is 0 Å². The molecular weight excluding hydrogens is 334 g/mol. The average molecular weight is 350 g/mol. The minimum absolute atomic E-state index is 0.156. The standard InChI is InChI=1S/C20H16ClN3O/c21-15-8-5-13(6-9-15)7-10-19-17(20(25)24-23-19)11-14-12-22-18-4-2-1-3-16(14)18/h1-6,8-9,11-12,22H,7,10H2,(H,24,25). The first-order valence-electron chi connectivity index (χ1n) is 8.10. The van der Waals surface area contributed by atoms with E-state index in [2.05, 4.69) is 15.5 Å². The van der Waals surface area contributed by atoms with E-state index in [4.69, 9.17) is 11.6 Å². The van der Waals surface area contributed by atoms with Crippen LogP contribution < -0.4 is 5.43 Å². The second-order valence-electron chi connectivity index (χ2n) is 5.97. The van der Waals surface area contributed by atoms with Gasteiger partial charge in [-0.2, -0.15) is 5.10 Å². The first kappa shape index (κ1) is 15.7. The van der Waals surface area contributed by atoms with Crippen molar-refractivity contribution in [1.29, 1.82) is 0 Å². The second-order valence-corrected chi connectivity index (χ2v) is 6.41. The van der Waals surface area contributed by atoms with Crippen LogP contribution in [0, 0.1) is 0 Å². The normalized spacial score (nSPS) is 15.6. The van der Waals surface area contributed by atoms with Gasteiger partial charge in [-0.05, 0) is 42.7 Å². The molecule has 1 aliphatic rings. The number of aromatic nitrogens is 1. The number of aryl methyl sites for hydroxylation is 1. The minimum atomic E-state index is -0.156. The largest absolute Gasteiger partial charge is 0.361 e. The lowest BCUT2D eigenvalue weighted by atomic mass is 10.0. The molecule has 1 amide bonds. The van der Waals surface area contributed by atoms with Gasteiger partial charge in [0.05, 0.1) is 11.3 Å². The molecule has 4 nitrogen and oxygen atoms in total. The fourth-order valence-corrected chi connectivity index (χ4v) is 3.12. The van der Waals surface area contributed by atoms with Crippen LogP contribution in [0.1, 0.15) is 17.5 Å². The van der Waals surface area contributed by atoms with Crippen molar-refractivity contribution in [2.24, 2.45) is 5.10 Å². The van der Waals surface area contributed by atoms with E-state index in [-0.39, 0.29) is 5.91 Å². The maximum absolute atomic E-state index is 12.2. The zero-order valence-corrected chi connectivity index (χ0v) is 14.2. The summed E-state index contributed by atoms with van der Waals surface area (Å²) in [5, 5.41) is 6.01. The molecule has 0 saturated heterocycles. The van der Waals surface area contributed by atoms with Gasteiger partial charge in [0.25, 0.3) is 5.91 Å². The van der Waals surface area contributed by atoms with Crippen LogP contribution in [0.5, 0.6) is 0 Å². The highest BCUT2D eigenvalue weighted by molar-refractivity contribution is 6.30. The smallest absolute Gasteiger partial charge is 0.273 e. The van der Waals surface area contributed by atoms with Gasteiger partial charge >= 0.3 is 0 Å². The summed E-state index contributed by atoms with van der Waals surface area (Å²) in [4.78, 5) is 15.4. The molecule has 0 aliphatic carbocycles. The molecule has 3 aromatic rings. The van der Waals surface area contributed by atoms with Gasteiger partial charge in [0, 0.05) is 27.7 Å². The van der Waals surface area contributed by atoms with Crippen molar-refractivity contribution < 1.29 is 4.79 Å². The molecule has 0 radical (unpaired) electrons. The summed E-state index contributed by atoms with van der Waals surface area (Å²) in [5.74, 6) is -0.156. The Kier molecular flexibility index (Phi) is 4.12. The van der Waals surface area contributed by atoms with E-state index in [1.807, 2.05) is 60.8 Å². The Balaban J connectivity index is 1.58. The first-order chi connectivity index (χ1) is 12.2. The first-order valence-corrected chi connectivity index (χ1v) is 8.48. The van der Waals surface area contributed by atoms with E-state index in [1.54, 1.807) is 0 Å². The predicted molar refractivity (Wildman–Crippen MR) is 102 cm³/mol. The molecule has 0 saturated carbocycles. The van der Waals surface area contributed by atoms with Gasteiger partial charge in [-0.1, -0.05) is 41.9 Å². The van der Waals surface area contributed by atoms with Crippen molar-refractivity contribution in [3.05, 3.63) is 76.5 Å². The van der Waals surface area contributed by atoms with Crippen LogP contribution >= 0.6 is 11.6 Å². The van der Waals surface area contributed by atoms with Crippen molar-refractivity contribution in [2.75, 3.05) is 0 Å². The summed E-state index contributed by atoms with van der Waals surface area (Å²) < 4.78 is 0. The molecule has 4 rings (SSSR count). The summed E-state index contributed by atoms with van der Waals surface area (Å²) >= 11 is 5.92. The molecule has 0 spiro atoms. The van der Waals surface area contributed by atoms with Gasteiger partial charge in [-0.3, -0.25) is 4.79 Å². The number of hydrogen-bond donors (Lipinski definition) is 2. The van der Waals surface area contributed by atoms with Gasteiger partial charge in [0.2, 0.25) is 0 Å². The van der Waals surface area contributed by atoms with Crippen molar-refractivity contribution >= 4 is 40.2 Å². The molecule has 2 heterocycles. The lowest BCUT2D eigenvalue weighted by molar-refractivity contribution is -0.116. The molecule has 124 valence electrons. The number of carbonyl (C=O) groups excluding carboxylic acids is 1. The molecular formula is C20H16ClN3O. The zero-order valence-electron chi connectivity index (χ0n) is 13.4. The fourth-order valence-electron chi connectivity index (χ4n) is 2.99. The lowest BCUT2D eigenvalue weighted by Crippen LogP contribution is -2.13. The number of nitrogens with one attached hydrogen (secondary N) is 2. The van der Waals surface area contributed by atoms with E-state index in [0.717, 1.165) is 39.2 Å². The summed E-state index contributed by atoms with van der Waals surface area (Å²) in [7, 11) is 0. The van der Waals surface area contributed by atoms with Crippen molar-refractivity contribution in [2.45, 2.75) is 12.8 Å². The summed E-state index contributed by atoms with van der Waals surface area (Å²) in [6, 6.07) is 15.8. The number of carbonyl (C=O) groups is 1. The highest BCUT2D eigenvalue weighted by Crippen LogP contribution is 2.23. The Hall–Kier alpha value is -2.85. The third-order valence-electron chi connectivity index (χ3n) is 4.33. The number of nitrogens with zero attached hydrogens (tertiary/aromatic N) is 1. The molecule has 25 heavy (non-hydrogen) atoms. The van der Waals surface area contributed by atoms with Crippen molar-refractivity contribution in [3.8, 4) is 0 Å². The van der Waals surface area contributed by atoms with E-state index >= 15 is 0 Å². The fraction of sp³-hybridized carbons (Fsp3) is 0.100. The Morgan fingerprint density at radius 2 is 1.84 bits per heavy atom. The molecule has 2 aromatic carbocycles. The Morgan fingerprint density at radius 1 is 1.04 bits per heavy atom. The number of hydrogen-bond acceptors (Lipinski definition) is 2. The SMILES string of the molecule is O=C1NN=C(CCc2ccc(Cl)cc2)C1=Cc1c[nH]c2ccccc12. The number of aromatic amines is 1. The quantitative estimate of drug-likeness (QED) is 0.677. The molecule has 5 heteroatoms. The molecule has 0 unspecified atom stereocenters. The van der Waals surface area contributed by atoms with Crippen LogP contribution in [0.4, 0.5) is 0 Å². The van der Waals surface area contributed by atoms with E-state index in [1.165, 1.54) is 0 Å². The van der Waals surface area contributed by atoms with Gasteiger partial charge < -0.3 is 4.98 Å². The molecule has 2 N–H and O–H groups in total. The van der Waals surface area contributed by atoms with Crippen LogP contribution in [0.15, 0.2) is 65.4 Å². The third kappa shape index (κ3) is 3.21. The number of benzene rings is 2. The van der Waals surface area contributed by atoms with Gasteiger partial charge in [-0.25, -0.2) is 5.43 Å². The lowest BCUT2D eigenvalue weighted by Gasteiger charge is -2.03. The zero-order chi connectivity index (χ0) is 17.2. The highest BCUT2D eigenvalue weighted by Gasteiger charge is 2.22. The maximum Gasteiger partial charge on any atom is 0.273 e. The minimum Gasteiger partial charge on any atom is -0.361 e. The second kappa shape index (κ2) is 6.57. The Bertz CT molecular complexity index is 999. The molecule has 0 fully saturated rings. The van der Waals surface area contributed by atoms with E-state index < -0.39 is 0 Å². The Labute approximate surface area is 150 Å². The average Bonchev–Trinajstić information content (AvgIpc) is 3.20. The molecule has 0 bridgehead atoms. The number of para-hydroxylation sites is 1. The number of halogens is 1. The van der Waals surface area contributed by atoms with Crippen LogP contribution in [0.2, 0.25) is 5.02 Å². The summed E-state index contributed by atoms with van der Waals surface area (Å²) in [6.45, 7) is 0. The van der Waals surface area contributed by atoms with Gasteiger partial charge in [0.1, 0.15) is 0 Å². The number of fused-ring (bicyclic) bond motifs is 1. The number of rotatable bonds is 4. The topological polar surface area (TPSA) is 57.2 Å². The maximum atomic E-state index is 12.2.